The molecule has 0 aromatic heterocycles. The Morgan fingerprint density at radius 2 is 1.77 bits per heavy atom. The Kier molecular flexibility index (Phi) is 5.07. The van der Waals surface area contributed by atoms with Gasteiger partial charge in [-0.1, -0.05) is 39.0 Å². The van der Waals surface area contributed by atoms with Crippen LogP contribution >= 0.6 is 0 Å². The largest absolute Gasteiger partial charge is 0.454 e. The number of carbonyl (C=O) groups excluding carboxylic acids is 1. The molecule has 0 saturated heterocycles. The van der Waals surface area contributed by atoms with E-state index in [9.17, 15) is 4.79 Å². The van der Waals surface area contributed by atoms with E-state index in [-0.39, 0.29) is 18.1 Å². The summed E-state index contributed by atoms with van der Waals surface area (Å²) in [6, 6.07) is 14.1. The van der Waals surface area contributed by atoms with Crippen LogP contribution in [0.4, 0.5) is 5.69 Å². The summed E-state index contributed by atoms with van der Waals surface area (Å²) in [5.41, 5.74) is 3.41. The van der Waals surface area contributed by atoms with Crippen LogP contribution in [-0.4, -0.2) is 26.3 Å². The van der Waals surface area contributed by atoms with E-state index in [1.165, 1.54) is 5.56 Å². The lowest BCUT2D eigenvalue weighted by Gasteiger charge is -2.22. The van der Waals surface area contributed by atoms with Crippen LogP contribution in [0.3, 0.4) is 0 Å². The lowest BCUT2D eigenvalue weighted by atomic mass is 9.87. The molecule has 138 valence electrons. The van der Waals surface area contributed by atoms with Crippen LogP contribution in [0.1, 0.15) is 31.9 Å². The summed E-state index contributed by atoms with van der Waals surface area (Å²) in [7, 11) is 1.92. The van der Waals surface area contributed by atoms with Crippen molar-refractivity contribution in [3.63, 3.8) is 0 Å². The van der Waals surface area contributed by atoms with Crippen molar-refractivity contribution in [1.82, 2.24) is 5.32 Å². The van der Waals surface area contributed by atoms with Crippen molar-refractivity contribution in [3.8, 4) is 11.5 Å². The van der Waals surface area contributed by atoms with E-state index in [2.05, 4.69) is 50.4 Å². The number of amides is 1. The fourth-order valence-electron chi connectivity index (χ4n) is 2.83. The van der Waals surface area contributed by atoms with Gasteiger partial charge in [-0.15, -0.1) is 0 Å². The predicted octanol–water partition coefficient (Wildman–Crippen LogP) is 3.47. The van der Waals surface area contributed by atoms with Crippen molar-refractivity contribution < 1.29 is 14.3 Å². The van der Waals surface area contributed by atoms with Crippen molar-refractivity contribution in [2.24, 2.45) is 0 Å². The molecule has 1 heterocycles. The fraction of sp³-hybridized carbons (Fsp3) is 0.381. The molecule has 3 rings (SSSR count). The fourth-order valence-corrected chi connectivity index (χ4v) is 2.83. The molecule has 0 spiro atoms. The van der Waals surface area contributed by atoms with Gasteiger partial charge in [-0.05, 0) is 40.8 Å². The van der Waals surface area contributed by atoms with Gasteiger partial charge < -0.3 is 19.7 Å². The number of ether oxygens (including phenoxy) is 2. The Bertz CT molecular complexity index is 779. The summed E-state index contributed by atoms with van der Waals surface area (Å²) >= 11 is 0. The molecule has 1 aliphatic rings. The molecule has 0 saturated carbocycles. The molecule has 1 amide bonds. The Morgan fingerprint density at radius 1 is 1.08 bits per heavy atom. The maximum Gasteiger partial charge on any atom is 0.239 e. The molecule has 1 aliphatic heterocycles. The van der Waals surface area contributed by atoms with Crippen LogP contribution < -0.4 is 19.7 Å². The van der Waals surface area contributed by atoms with E-state index in [1.54, 1.807) is 0 Å². The maximum atomic E-state index is 12.3. The van der Waals surface area contributed by atoms with Gasteiger partial charge in [0.1, 0.15) is 0 Å². The van der Waals surface area contributed by atoms with E-state index in [1.807, 2.05) is 30.1 Å². The average Bonchev–Trinajstić information content (AvgIpc) is 3.07. The number of hydrogen-bond donors (Lipinski definition) is 1. The Balaban J connectivity index is 1.52. The zero-order chi connectivity index (χ0) is 18.7. The molecular formula is C21H26N2O3. The summed E-state index contributed by atoms with van der Waals surface area (Å²) in [6.07, 6.45) is 0. The van der Waals surface area contributed by atoms with Crippen LogP contribution in [0.2, 0.25) is 0 Å². The topological polar surface area (TPSA) is 50.8 Å². The number of anilines is 1. The highest BCUT2D eigenvalue weighted by Crippen LogP contribution is 2.32. The first-order chi connectivity index (χ1) is 12.3. The second kappa shape index (κ2) is 7.28. The molecule has 0 unspecified atom stereocenters. The number of rotatable bonds is 5. The highest BCUT2D eigenvalue weighted by Gasteiger charge is 2.15. The molecule has 0 bridgehead atoms. The number of benzene rings is 2. The van der Waals surface area contributed by atoms with Gasteiger partial charge in [0.25, 0.3) is 0 Å². The Hall–Kier alpha value is -2.69. The molecule has 26 heavy (non-hydrogen) atoms. The predicted molar refractivity (Wildman–Crippen MR) is 103 cm³/mol. The van der Waals surface area contributed by atoms with Crippen LogP contribution in [0.5, 0.6) is 11.5 Å². The molecule has 0 radical (unpaired) electrons. The zero-order valence-corrected chi connectivity index (χ0v) is 15.8. The minimum atomic E-state index is -0.0231. The van der Waals surface area contributed by atoms with Crippen LogP contribution in [0.25, 0.3) is 0 Å². The molecule has 0 fully saturated rings. The summed E-state index contributed by atoms with van der Waals surface area (Å²) in [6.45, 7) is 7.59. The first-order valence-electron chi connectivity index (χ1n) is 8.80. The number of carbonyl (C=O) groups is 1. The number of likely N-dealkylation sites (N-methyl/N-ethyl adjacent to an activating group) is 1. The first-order valence-corrected chi connectivity index (χ1v) is 8.80. The van der Waals surface area contributed by atoms with Crippen molar-refractivity contribution in [1.29, 1.82) is 0 Å². The first kappa shape index (κ1) is 18.1. The molecule has 0 aliphatic carbocycles. The number of nitrogens with one attached hydrogen (secondary N) is 1. The quantitative estimate of drug-likeness (QED) is 0.893. The van der Waals surface area contributed by atoms with Crippen LogP contribution in [0, 0.1) is 0 Å². The summed E-state index contributed by atoms with van der Waals surface area (Å²) in [4.78, 5) is 14.2. The van der Waals surface area contributed by atoms with E-state index in [0.29, 0.717) is 13.1 Å². The standard InChI is InChI=1S/C21H26N2O3/c1-21(2,3)16-6-8-17(9-7-16)23(4)13-20(24)22-12-15-5-10-18-19(11-15)26-14-25-18/h5-11H,12-14H2,1-4H3,(H,22,24). The van der Waals surface area contributed by atoms with E-state index in [0.717, 1.165) is 22.7 Å². The van der Waals surface area contributed by atoms with Gasteiger partial charge in [0.05, 0.1) is 6.54 Å². The van der Waals surface area contributed by atoms with Gasteiger partial charge in [-0.2, -0.15) is 0 Å². The smallest absolute Gasteiger partial charge is 0.239 e. The third kappa shape index (κ3) is 4.28. The van der Waals surface area contributed by atoms with Crippen LogP contribution in [0.15, 0.2) is 42.5 Å². The minimum Gasteiger partial charge on any atom is -0.454 e. The van der Waals surface area contributed by atoms with Gasteiger partial charge in [-0.25, -0.2) is 0 Å². The molecule has 1 N–H and O–H groups in total. The summed E-state index contributed by atoms with van der Waals surface area (Å²) < 4.78 is 10.7. The molecule has 2 aromatic carbocycles. The summed E-state index contributed by atoms with van der Waals surface area (Å²) in [5, 5.41) is 2.95. The molecule has 5 heteroatoms. The molecule has 2 aromatic rings. The average molecular weight is 354 g/mol. The highest BCUT2D eigenvalue weighted by molar-refractivity contribution is 5.81. The number of hydrogen-bond acceptors (Lipinski definition) is 4. The van der Waals surface area contributed by atoms with Crippen molar-refractivity contribution in [2.45, 2.75) is 32.7 Å². The van der Waals surface area contributed by atoms with Gasteiger partial charge in [0.15, 0.2) is 11.5 Å². The second-order valence-electron chi connectivity index (χ2n) is 7.62. The van der Waals surface area contributed by atoms with Crippen molar-refractivity contribution >= 4 is 11.6 Å². The van der Waals surface area contributed by atoms with Gasteiger partial charge >= 0.3 is 0 Å². The summed E-state index contributed by atoms with van der Waals surface area (Å²) in [5.74, 6) is 1.45. The van der Waals surface area contributed by atoms with E-state index in [4.69, 9.17) is 9.47 Å². The SMILES string of the molecule is CN(CC(=O)NCc1ccc2c(c1)OCO2)c1ccc(C(C)(C)C)cc1. The van der Waals surface area contributed by atoms with E-state index >= 15 is 0 Å². The van der Waals surface area contributed by atoms with Gasteiger partial charge in [-0.3, -0.25) is 4.79 Å². The van der Waals surface area contributed by atoms with Crippen molar-refractivity contribution in [2.75, 3.05) is 25.3 Å². The normalized spacial score (nSPS) is 12.8. The van der Waals surface area contributed by atoms with Gasteiger partial charge in [0, 0.05) is 19.3 Å². The zero-order valence-electron chi connectivity index (χ0n) is 15.8. The van der Waals surface area contributed by atoms with Crippen LogP contribution in [-0.2, 0) is 16.8 Å². The Labute approximate surface area is 154 Å². The molecular weight excluding hydrogens is 328 g/mol. The lowest BCUT2D eigenvalue weighted by Crippen LogP contribution is -2.34. The third-order valence-electron chi connectivity index (χ3n) is 4.48. The second-order valence-corrected chi connectivity index (χ2v) is 7.62. The molecule has 0 atom stereocenters. The lowest BCUT2D eigenvalue weighted by molar-refractivity contribution is -0.119. The maximum absolute atomic E-state index is 12.3. The molecule has 5 nitrogen and oxygen atoms in total. The minimum absolute atomic E-state index is 0.0231. The third-order valence-corrected chi connectivity index (χ3v) is 4.48. The van der Waals surface area contributed by atoms with Crippen molar-refractivity contribution in [3.05, 3.63) is 53.6 Å². The van der Waals surface area contributed by atoms with E-state index < -0.39 is 0 Å². The Morgan fingerprint density at radius 3 is 2.46 bits per heavy atom. The number of nitrogens with zero attached hydrogens (tertiary/aromatic N) is 1. The highest BCUT2D eigenvalue weighted by atomic mass is 16.7. The number of fused-ring (bicyclic) bond motifs is 1. The monoisotopic (exact) mass is 354 g/mol. The van der Waals surface area contributed by atoms with Gasteiger partial charge in [0.2, 0.25) is 12.7 Å².